The van der Waals surface area contributed by atoms with Crippen molar-refractivity contribution in [1.29, 1.82) is 0 Å². The van der Waals surface area contributed by atoms with Gasteiger partial charge in [0.2, 0.25) is 0 Å². The molecule has 3 N–H and O–H groups in total. The predicted molar refractivity (Wildman–Crippen MR) is 60.5 cm³/mol. The molecular formula is C10H23N3O. The summed E-state index contributed by atoms with van der Waals surface area (Å²) in [6.07, 6.45) is 3.32. The Morgan fingerprint density at radius 1 is 1.36 bits per heavy atom. The first kappa shape index (κ1) is 13.2. The molecule has 0 radical (unpaired) electrons. The predicted octanol–water partition coefficient (Wildman–Crippen LogP) is 1.12. The molecule has 14 heavy (non-hydrogen) atoms. The third-order valence-electron chi connectivity index (χ3n) is 1.73. The molecule has 0 amide bonds. The molecule has 4 nitrogen and oxygen atoms in total. The summed E-state index contributed by atoms with van der Waals surface area (Å²) < 4.78 is 4.95. The molecule has 0 aromatic carbocycles. The Kier molecular flexibility index (Phi) is 8.33. The van der Waals surface area contributed by atoms with E-state index in [-0.39, 0.29) is 0 Å². The Morgan fingerprint density at radius 3 is 2.64 bits per heavy atom. The smallest absolute Gasteiger partial charge is 0.188 e. The van der Waals surface area contributed by atoms with Gasteiger partial charge in [0, 0.05) is 26.3 Å². The van der Waals surface area contributed by atoms with Crippen molar-refractivity contribution >= 4 is 5.96 Å². The normalized spacial score (nSPS) is 12.1. The Morgan fingerprint density at radius 2 is 2.07 bits per heavy atom. The van der Waals surface area contributed by atoms with E-state index >= 15 is 0 Å². The van der Waals surface area contributed by atoms with E-state index in [9.17, 15) is 0 Å². The van der Waals surface area contributed by atoms with E-state index in [1.807, 2.05) is 13.8 Å². The van der Waals surface area contributed by atoms with Crippen LogP contribution in [0.2, 0.25) is 0 Å². The summed E-state index contributed by atoms with van der Waals surface area (Å²) in [5.41, 5.74) is 5.63. The Balaban J connectivity index is 3.32. The van der Waals surface area contributed by atoms with Crippen molar-refractivity contribution in [1.82, 2.24) is 5.32 Å². The van der Waals surface area contributed by atoms with Gasteiger partial charge < -0.3 is 15.8 Å². The fraction of sp³-hybridized carbons (Fsp3) is 0.900. The maximum absolute atomic E-state index is 5.63. The molecule has 0 atom stereocenters. The molecule has 4 heteroatoms. The van der Waals surface area contributed by atoms with Crippen molar-refractivity contribution < 1.29 is 4.74 Å². The fourth-order valence-corrected chi connectivity index (χ4v) is 1.08. The molecule has 0 spiro atoms. The highest BCUT2D eigenvalue weighted by Gasteiger charge is 1.94. The highest BCUT2D eigenvalue weighted by atomic mass is 16.5. The van der Waals surface area contributed by atoms with Crippen LogP contribution in [-0.2, 0) is 4.74 Å². The molecule has 0 aliphatic carbocycles. The molecule has 84 valence electrons. The van der Waals surface area contributed by atoms with E-state index in [1.54, 1.807) is 7.11 Å². The molecular weight excluding hydrogens is 178 g/mol. The van der Waals surface area contributed by atoms with Crippen LogP contribution in [0.3, 0.4) is 0 Å². The second-order valence-electron chi connectivity index (χ2n) is 3.62. The quantitative estimate of drug-likeness (QED) is 0.368. The molecule has 0 saturated heterocycles. The Labute approximate surface area is 86.9 Å². The summed E-state index contributed by atoms with van der Waals surface area (Å²) in [5, 5.41) is 3.05. The Bertz CT molecular complexity index is 157. The summed E-state index contributed by atoms with van der Waals surface area (Å²) in [6, 6.07) is 0.354. The molecule has 0 aliphatic heterocycles. The average molecular weight is 201 g/mol. The number of nitrogens with two attached hydrogens (primary N) is 1. The van der Waals surface area contributed by atoms with Gasteiger partial charge in [-0.05, 0) is 33.1 Å². The van der Waals surface area contributed by atoms with E-state index in [0.29, 0.717) is 12.0 Å². The molecule has 0 bridgehead atoms. The van der Waals surface area contributed by atoms with Gasteiger partial charge in [-0.25, -0.2) is 0 Å². The van der Waals surface area contributed by atoms with Gasteiger partial charge >= 0.3 is 0 Å². The van der Waals surface area contributed by atoms with Crippen LogP contribution in [-0.4, -0.2) is 32.3 Å². The van der Waals surface area contributed by atoms with Gasteiger partial charge in [0.05, 0.1) is 0 Å². The van der Waals surface area contributed by atoms with Gasteiger partial charge in [0.1, 0.15) is 0 Å². The SMILES string of the molecule is COCCCCCN=C(N)NC(C)C. The maximum Gasteiger partial charge on any atom is 0.188 e. The number of guanidine groups is 1. The molecule has 0 aliphatic rings. The van der Waals surface area contributed by atoms with E-state index in [1.165, 1.54) is 0 Å². The molecule has 0 unspecified atom stereocenters. The summed E-state index contributed by atoms with van der Waals surface area (Å²) >= 11 is 0. The lowest BCUT2D eigenvalue weighted by Crippen LogP contribution is -2.36. The lowest BCUT2D eigenvalue weighted by molar-refractivity contribution is 0.192. The minimum Gasteiger partial charge on any atom is -0.385 e. The van der Waals surface area contributed by atoms with Gasteiger partial charge in [0.25, 0.3) is 0 Å². The number of aliphatic imine (C=N–C) groups is 1. The van der Waals surface area contributed by atoms with Gasteiger partial charge in [-0.1, -0.05) is 0 Å². The summed E-state index contributed by atoms with van der Waals surface area (Å²) in [6.45, 7) is 5.72. The van der Waals surface area contributed by atoms with Crippen LogP contribution < -0.4 is 11.1 Å². The van der Waals surface area contributed by atoms with Crippen molar-refractivity contribution in [3.8, 4) is 0 Å². The monoisotopic (exact) mass is 201 g/mol. The number of ether oxygens (including phenoxy) is 1. The summed E-state index contributed by atoms with van der Waals surface area (Å²) in [7, 11) is 1.72. The largest absolute Gasteiger partial charge is 0.385 e. The number of rotatable bonds is 7. The molecule has 0 aromatic heterocycles. The first-order valence-electron chi connectivity index (χ1n) is 5.22. The molecule has 0 fully saturated rings. The molecule has 0 rings (SSSR count). The van der Waals surface area contributed by atoms with Gasteiger partial charge in [0.15, 0.2) is 5.96 Å². The number of hydrogen-bond donors (Lipinski definition) is 2. The van der Waals surface area contributed by atoms with Crippen molar-refractivity contribution in [2.75, 3.05) is 20.3 Å². The zero-order valence-corrected chi connectivity index (χ0v) is 9.55. The van der Waals surface area contributed by atoms with E-state index < -0.39 is 0 Å². The van der Waals surface area contributed by atoms with Crippen LogP contribution in [0.4, 0.5) is 0 Å². The highest BCUT2D eigenvalue weighted by Crippen LogP contribution is 1.95. The second-order valence-corrected chi connectivity index (χ2v) is 3.62. The molecule has 0 saturated carbocycles. The second kappa shape index (κ2) is 8.81. The minimum absolute atomic E-state index is 0.354. The van der Waals surface area contributed by atoms with Crippen LogP contribution in [0.5, 0.6) is 0 Å². The molecule has 0 aromatic rings. The van der Waals surface area contributed by atoms with Crippen molar-refractivity contribution in [2.45, 2.75) is 39.2 Å². The number of hydrogen-bond acceptors (Lipinski definition) is 2. The van der Waals surface area contributed by atoms with Crippen LogP contribution in [0.15, 0.2) is 4.99 Å². The number of nitrogens with one attached hydrogen (secondary N) is 1. The number of unbranched alkanes of at least 4 members (excludes halogenated alkanes) is 2. The lowest BCUT2D eigenvalue weighted by atomic mass is 10.2. The maximum atomic E-state index is 5.63. The summed E-state index contributed by atoms with van der Waals surface area (Å²) in [4.78, 5) is 4.20. The van der Waals surface area contributed by atoms with Crippen molar-refractivity contribution in [2.24, 2.45) is 10.7 Å². The minimum atomic E-state index is 0.354. The third-order valence-corrected chi connectivity index (χ3v) is 1.73. The van der Waals surface area contributed by atoms with Crippen molar-refractivity contribution in [3.05, 3.63) is 0 Å². The standard InChI is InChI=1S/C10H23N3O/c1-9(2)13-10(11)12-7-5-4-6-8-14-3/h9H,4-8H2,1-3H3,(H3,11,12,13). The average Bonchev–Trinajstić information content (AvgIpc) is 2.10. The zero-order valence-electron chi connectivity index (χ0n) is 9.55. The van der Waals surface area contributed by atoms with E-state index in [0.717, 1.165) is 32.4 Å². The van der Waals surface area contributed by atoms with Crippen LogP contribution in [0.1, 0.15) is 33.1 Å². The first-order chi connectivity index (χ1) is 6.66. The lowest BCUT2D eigenvalue weighted by Gasteiger charge is -2.08. The van der Waals surface area contributed by atoms with E-state index in [4.69, 9.17) is 10.5 Å². The van der Waals surface area contributed by atoms with Gasteiger partial charge in [-0.15, -0.1) is 0 Å². The third kappa shape index (κ3) is 9.32. The van der Waals surface area contributed by atoms with E-state index in [2.05, 4.69) is 10.3 Å². The van der Waals surface area contributed by atoms with Gasteiger partial charge in [-0.3, -0.25) is 4.99 Å². The zero-order chi connectivity index (χ0) is 10.8. The van der Waals surface area contributed by atoms with Gasteiger partial charge in [-0.2, -0.15) is 0 Å². The highest BCUT2D eigenvalue weighted by molar-refractivity contribution is 5.77. The first-order valence-corrected chi connectivity index (χ1v) is 5.22. The topological polar surface area (TPSA) is 59.6 Å². The Hall–Kier alpha value is -0.770. The summed E-state index contributed by atoms with van der Waals surface area (Å²) in [5.74, 6) is 0.548. The van der Waals surface area contributed by atoms with Crippen LogP contribution in [0, 0.1) is 0 Å². The number of nitrogens with zero attached hydrogens (tertiary/aromatic N) is 1. The van der Waals surface area contributed by atoms with Crippen LogP contribution >= 0.6 is 0 Å². The number of methoxy groups -OCH3 is 1. The fourth-order valence-electron chi connectivity index (χ4n) is 1.08. The van der Waals surface area contributed by atoms with Crippen molar-refractivity contribution in [3.63, 3.8) is 0 Å². The van der Waals surface area contributed by atoms with Crippen LogP contribution in [0.25, 0.3) is 0 Å². The molecule has 0 heterocycles.